The van der Waals surface area contributed by atoms with Gasteiger partial charge in [-0.25, -0.2) is 4.68 Å². The molecule has 1 fully saturated rings. The molecule has 1 saturated heterocycles. The van der Waals surface area contributed by atoms with Crippen molar-refractivity contribution in [3.63, 3.8) is 0 Å². The van der Waals surface area contributed by atoms with E-state index >= 15 is 0 Å². The smallest absolute Gasteiger partial charge is 0.243 e. The highest BCUT2D eigenvalue weighted by molar-refractivity contribution is 5.88. The molecular weight excluding hydrogens is 316 g/mol. The monoisotopic (exact) mass is 340 g/mol. The predicted molar refractivity (Wildman–Crippen MR) is 95.1 cm³/mol. The van der Waals surface area contributed by atoms with Gasteiger partial charge < -0.3 is 10.2 Å². The standard InChI is InChI=1S/C19H24N4O2/c1-2-7-18(24)22-12-5-10-17(22)19(25)20-14-15-8-3-4-9-16(15)23-13-6-11-21-23/h3-4,6,8-9,11,13,17H,2,5,7,10,12,14H2,1H3,(H,20,25). The second kappa shape index (κ2) is 7.96. The molecule has 0 bridgehead atoms. The van der Waals surface area contributed by atoms with Gasteiger partial charge in [0.25, 0.3) is 0 Å². The van der Waals surface area contributed by atoms with Crippen molar-refractivity contribution in [2.24, 2.45) is 0 Å². The molecule has 25 heavy (non-hydrogen) atoms. The van der Waals surface area contributed by atoms with Crippen LogP contribution in [-0.4, -0.2) is 39.1 Å². The Balaban J connectivity index is 1.66. The van der Waals surface area contributed by atoms with Gasteiger partial charge in [-0.15, -0.1) is 0 Å². The average molecular weight is 340 g/mol. The Bertz CT molecular complexity index is 727. The number of carbonyl (C=O) groups excluding carboxylic acids is 2. The summed E-state index contributed by atoms with van der Waals surface area (Å²) in [5, 5.41) is 7.25. The van der Waals surface area contributed by atoms with Crippen molar-refractivity contribution in [2.45, 2.75) is 45.2 Å². The molecule has 2 heterocycles. The SMILES string of the molecule is CCCC(=O)N1CCCC1C(=O)NCc1ccccc1-n1cccn1. The summed E-state index contributed by atoms with van der Waals surface area (Å²) in [6, 6.07) is 9.37. The minimum atomic E-state index is -0.337. The van der Waals surface area contributed by atoms with E-state index in [1.807, 2.05) is 43.5 Å². The molecule has 0 aliphatic carbocycles. The second-order valence-electron chi connectivity index (χ2n) is 6.29. The number of likely N-dealkylation sites (tertiary alicyclic amines) is 1. The minimum Gasteiger partial charge on any atom is -0.350 e. The molecule has 2 aromatic rings. The molecule has 3 rings (SSSR count). The Hall–Kier alpha value is -2.63. The van der Waals surface area contributed by atoms with Gasteiger partial charge in [0.15, 0.2) is 0 Å². The first-order chi connectivity index (χ1) is 12.2. The van der Waals surface area contributed by atoms with E-state index in [9.17, 15) is 9.59 Å². The summed E-state index contributed by atoms with van der Waals surface area (Å²) in [5.74, 6) is 0.00862. The van der Waals surface area contributed by atoms with Crippen LogP contribution in [0.15, 0.2) is 42.7 Å². The quantitative estimate of drug-likeness (QED) is 0.877. The van der Waals surface area contributed by atoms with Gasteiger partial charge in [0.05, 0.1) is 5.69 Å². The zero-order valence-electron chi connectivity index (χ0n) is 14.5. The first kappa shape index (κ1) is 17.2. The van der Waals surface area contributed by atoms with Gasteiger partial charge in [0, 0.05) is 31.9 Å². The first-order valence-corrected chi connectivity index (χ1v) is 8.85. The lowest BCUT2D eigenvalue weighted by atomic mass is 10.1. The van der Waals surface area contributed by atoms with Crippen molar-refractivity contribution in [3.05, 3.63) is 48.3 Å². The van der Waals surface area contributed by atoms with E-state index in [1.165, 1.54) is 0 Å². The zero-order valence-corrected chi connectivity index (χ0v) is 14.5. The molecule has 0 saturated carbocycles. The lowest BCUT2D eigenvalue weighted by Crippen LogP contribution is -2.45. The van der Waals surface area contributed by atoms with E-state index in [1.54, 1.807) is 15.8 Å². The van der Waals surface area contributed by atoms with Crippen molar-refractivity contribution in [3.8, 4) is 5.69 Å². The van der Waals surface area contributed by atoms with Crippen LogP contribution in [0, 0.1) is 0 Å². The lowest BCUT2D eigenvalue weighted by molar-refractivity contribution is -0.138. The van der Waals surface area contributed by atoms with Crippen LogP contribution < -0.4 is 5.32 Å². The fourth-order valence-electron chi connectivity index (χ4n) is 3.29. The molecule has 1 aromatic carbocycles. The van der Waals surface area contributed by atoms with Crippen LogP contribution in [0.25, 0.3) is 5.69 Å². The number of nitrogens with one attached hydrogen (secondary N) is 1. The molecule has 0 radical (unpaired) electrons. The molecule has 1 aromatic heterocycles. The predicted octanol–water partition coefficient (Wildman–Crippen LogP) is 2.28. The van der Waals surface area contributed by atoms with Gasteiger partial charge >= 0.3 is 0 Å². The third-order valence-electron chi connectivity index (χ3n) is 4.54. The fourth-order valence-corrected chi connectivity index (χ4v) is 3.29. The third-order valence-corrected chi connectivity index (χ3v) is 4.54. The number of aromatic nitrogens is 2. The molecular formula is C19H24N4O2. The molecule has 132 valence electrons. The summed E-state index contributed by atoms with van der Waals surface area (Å²) >= 11 is 0. The van der Waals surface area contributed by atoms with Crippen LogP contribution in [0.1, 0.15) is 38.2 Å². The van der Waals surface area contributed by atoms with Crippen molar-refractivity contribution in [1.82, 2.24) is 20.0 Å². The van der Waals surface area contributed by atoms with Gasteiger partial charge in [-0.1, -0.05) is 25.1 Å². The van der Waals surface area contributed by atoms with Gasteiger partial charge in [0.1, 0.15) is 6.04 Å². The minimum absolute atomic E-state index is 0.0720. The topological polar surface area (TPSA) is 67.2 Å². The van der Waals surface area contributed by atoms with Crippen molar-refractivity contribution in [2.75, 3.05) is 6.54 Å². The molecule has 0 spiro atoms. The molecule has 1 N–H and O–H groups in total. The van der Waals surface area contributed by atoms with Gasteiger partial charge in [-0.3, -0.25) is 9.59 Å². The summed E-state index contributed by atoms with van der Waals surface area (Å²) in [6.07, 6.45) is 6.54. The molecule has 6 nitrogen and oxygen atoms in total. The van der Waals surface area contributed by atoms with E-state index in [-0.39, 0.29) is 17.9 Å². The summed E-state index contributed by atoms with van der Waals surface area (Å²) in [6.45, 7) is 3.08. The fraction of sp³-hybridized carbons (Fsp3) is 0.421. The third kappa shape index (κ3) is 3.90. The molecule has 1 aliphatic heterocycles. The van der Waals surface area contributed by atoms with E-state index in [2.05, 4.69) is 10.4 Å². The molecule has 1 atom stereocenters. The number of carbonyl (C=O) groups is 2. The van der Waals surface area contributed by atoms with Gasteiger partial charge in [-0.05, 0) is 37.0 Å². The molecule has 2 amide bonds. The molecule has 1 unspecified atom stereocenters. The highest BCUT2D eigenvalue weighted by Crippen LogP contribution is 2.19. The Kier molecular flexibility index (Phi) is 5.48. The van der Waals surface area contributed by atoms with Crippen molar-refractivity contribution < 1.29 is 9.59 Å². The average Bonchev–Trinajstić information content (AvgIpc) is 3.31. The van der Waals surface area contributed by atoms with Crippen LogP contribution in [0.2, 0.25) is 0 Å². The molecule has 6 heteroatoms. The van der Waals surface area contributed by atoms with Crippen LogP contribution >= 0.6 is 0 Å². The van der Waals surface area contributed by atoms with E-state index in [0.29, 0.717) is 19.5 Å². The summed E-state index contributed by atoms with van der Waals surface area (Å²) in [7, 11) is 0. The normalized spacial score (nSPS) is 16.8. The number of hydrogen-bond donors (Lipinski definition) is 1. The van der Waals surface area contributed by atoms with Crippen LogP contribution in [-0.2, 0) is 16.1 Å². The number of hydrogen-bond acceptors (Lipinski definition) is 3. The van der Waals surface area contributed by atoms with Gasteiger partial charge in [0.2, 0.25) is 11.8 Å². The number of para-hydroxylation sites is 1. The largest absolute Gasteiger partial charge is 0.350 e. The Morgan fingerprint density at radius 3 is 2.88 bits per heavy atom. The zero-order chi connectivity index (χ0) is 17.6. The maximum atomic E-state index is 12.6. The Morgan fingerprint density at radius 2 is 2.12 bits per heavy atom. The number of benzene rings is 1. The maximum Gasteiger partial charge on any atom is 0.243 e. The summed E-state index contributed by atoms with van der Waals surface area (Å²) in [4.78, 5) is 26.5. The maximum absolute atomic E-state index is 12.6. The second-order valence-corrected chi connectivity index (χ2v) is 6.29. The first-order valence-electron chi connectivity index (χ1n) is 8.85. The molecule has 1 aliphatic rings. The van der Waals surface area contributed by atoms with E-state index in [0.717, 1.165) is 30.5 Å². The number of amides is 2. The summed E-state index contributed by atoms with van der Waals surface area (Å²) < 4.78 is 1.79. The number of rotatable bonds is 6. The van der Waals surface area contributed by atoms with E-state index < -0.39 is 0 Å². The highest BCUT2D eigenvalue weighted by Gasteiger charge is 2.33. The Labute approximate surface area is 147 Å². The summed E-state index contributed by atoms with van der Waals surface area (Å²) in [5.41, 5.74) is 1.93. The Morgan fingerprint density at radius 1 is 1.28 bits per heavy atom. The van der Waals surface area contributed by atoms with Crippen LogP contribution in [0.3, 0.4) is 0 Å². The van der Waals surface area contributed by atoms with E-state index in [4.69, 9.17) is 0 Å². The van der Waals surface area contributed by atoms with Gasteiger partial charge in [-0.2, -0.15) is 5.10 Å². The lowest BCUT2D eigenvalue weighted by Gasteiger charge is -2.24. The highest BCUT2D eigenvalue weighted by atomic mass is 16.2. The van der Waals surface area contributed by atoms with Crippen molar-refractivity contribution in [1.29, 1.82) is 0 Å². The number of nitrogens with zero attached hydrogens (tertiary/aromatic N) is 3. The van der Waals surface area contributed by atoms with Crippen LogP contribution in [0.4, 0.5) is 0 Å². The van der Waals surface area contributed by atoms with Crippen LogP contribution in [0.5, 0.6) is 0 Å². The van der Waals surface area contributed by atoms with Crippen molar-refractivity contribution >= 4 is 11.8 Å².